The molecule has 0 bridgehead atoms. The minimum absolute atomic E-state index is 0. The first-order chi connectivity index (χ1) is 11.3. The number of hydrogen-bond acceptors (Lipinski definition) is 5. The first kappa shape index (κ1) is 16.6. The maximum Gasteiger partial charge on any atom is 0.281 e. The SMILES string of the molecule is Cl.O=c1[nH]c(C2CCNCC2)nc2c1nnn2Cc1ccccc1. The number of H-pyrrole nitrogens is 1. The van der Waals surface area contributed by atoms with Gasteiger partial charge in [0.15, 0.2) is 11.2 Å². The van der Waals surface area contributed by atoms with Gasteiger partial charge >= 0.3 is 0 Å². The third-order valence-corrected chi connectivity index (χ3v) is 4.29. The molecule has 1 aliphatic rings. The molecule has 0 amide bonds. The Morgan fingerprint density at radius 2 is 1.92 bits per heavy atom. The second-order valence-electron chi connectivity index (χ2n) is 5.88. The highest BCUT2D eigenvalue weighted by molar-refractivity contribution is 5.85. The van der Waals surface area contributed by atoms with Gasteiger partial charge in [0.05, 0.1) is 6.54 Å². The zero-order chi connectivity index (χ0) is 15.6. The topological polar surface area (TPSA) is 88.5 Å². The Kier molecular flexibility index (Phi) is 4.92. The number of piperidine rings is 1. The van der Waals surface area contributed by atoms with Crippen LogP contribution in [0.25, 0.3) is 11.2 Å². The average Bonchev–Trinajstić information content (AvgIpc) is 3.00. The van der Waals surface area contributed by atoms with Crippen molar-refractivity contribution >= 4 is 23.6 Å². The molecule has 3 aromatic rings. The van der Waals surface area contributed by atoms with Crippen LogP contribution in [0.4, 0.5) is 0 Å². The van der Waals surface area contributed by atoms with Crippen LogP contribution in [-0.4, -0.2) is 38.1 Å². The monoisotopic (exact) mass is 346 g/mol. The largest absolute Gasteiger partial charge is 0.317 e. The van der Waals surface area contributed by atoms with Crippen molar-refractivity contribution in [3.63, 3.8) is 0 Å². The van der Waals surface area contributed by atoms with Crippen molar-refractivity contribution in [3.8, 4) is 0 Å². The van der Waals surface area contributed by atoms with E-state index in [4.69, 9.17) is 0 Å². The normalized spacial score (nSPS) is 15.3. The van der Waals surface area contributed by atoms with E-state index in [9.17, 15) is 4.79 Å². The molecule has 8 heteroatoms. The maximum atomic E-state index is 12.3. The van der Waals surface area contributed by atoms with E-state index in [1.54, 1.807) is 4.68 Å². The molecule has 2 aromatic heterocycles. The minimum Gasteiger partial charge on any atom is -0.317 e. The molecule has 1 aliphatic heterocycles. The number of rotatable bonds is 3. The number of benzene rings is 1. The number of nitrogens with one attached hydrogen (secondary N) is 2. The van der Waals surface area contributed by atoms with E-state index in [1.807, 2.05) is 30.3 Å². The van der Waals surface area contributed by atoms with E-state index in [0.29, 0.717) is 17.7 Å². The smallest absolute Gasteiger partial charge is 0.281 e. The quantitative estimate of drug-likeness (QED) is 0.749. The highest BCUT2D eigenvalue weighted by Gasteiger charge is 2.20. The highest BCUT2D eigenvalue weighted by atomic mass is 35.5. The van der Waals surface area contributed by atoms with Crippen LogP contribution in [0.15, 0.2) is 35.1 Å². The van der Waals surface area contributed by atoms with Crippen LogP contribution in [-0.2, 0) is 6.54 Å². The van der Waals surface area contributed by atoms with E-state index in [2.05, 4.69) is 25.6 Å². The fraction of sp³-hybridized carbons (Fsp3) is 0.375. The number of hydrogen-bond donors (Lipinski definition) is 2. The van der Waals surface area contributed by atoms with E-state index < -0.39 is 0 Å². The van der Waals surface area contributed by atoms with Gasteiger partial charge in [-0.1, -0.05) is 35.5 Å². The molecule has 1 aromatic carbocycles. The Morgan fingerprint density at radius 1 is 1.17 bits per heavy atom. The molecule has 0 unspecified atom stereocenters. The van der Waals surface area contributed by atoms with E-state index in [1.165, 1.54) is 0 Å². The minimum atomic E-state index is -0.206. The zero-order valence-corrected chi connectivity index (χ0v) is 13.9. The Labute approximate surface area is 144 Å². The summed E-state index contributed by atoms with van der Waals surface area (Å²) >= 11 is 0. The van der Waals surface area contributed by atoms with Crippen molar-refractivity contribution in [1.82, 2.24) is 30.3 Å². The average molecular weight is 347 g/mol. The first-order valence-corrected chi connectivity index (χ1v) is 7.89. The molecular weight excluding hydrogens is 328 g/mol. The zero-order valence-electron chi connectivity index (χ0n) is 13.1. The van der Waals surface area contributed by atoms with Crippen LogP contribution in [0.3, 0.4) is 0 Å². The lowest BCUT2D eigenvalue weighted by molar-refractivity contribution is 0.444. The Hall–Kier alpha value is -2.25. The van der Waals surface area contributed by atoms with Gasteiger partial charge in [0, 0.05) is 5.92 Å². The van der Waals surface area contributed by atoms with Crippen LogP contribution < -0.4 is 10.9 Å². The van der Waals surface area contributed by atoms with Gasteiger partial charge in [0.1, 0.15) is 5.82 Å². The number of nitrogens with zero attached hydrogens (tertiary/aromatic N) is 4. The van der Waals surface area contributed by atoms with Gasteiger partial charge in [-0.15, -0.1) is 17.5 Å². The summed E-state index contributed by atoms with van der Waals surface area (Å²) < 4.78 is 1.70. The molecule has 4 rings (SSSR count). The molecule has 0 radical (unpaired) electrons. The van der Waals surface area contributed by atoms with E-state index in [0.717, 1.165) is 37.3 Å². The summed E-state index contributed by atoms with van der Waals surface area (Å²) in [6, 6.07) is 9.98. The van der Waals surface area contributed by atoms with Crippen molar-refractivity contribution in [1.29, 1.82) is 0 Å². The molecule has 1 saturated heterocycles. The summed E-state index contributed by atoms with van der Waals surface area (Å²) in [5.41, 5.74) is 1.76. The van der Waals surface area contributed by atoms with Gasteiger partial charge in [-0.25, -0.2) is 9.67 Å². The van der Waals surface area contributed by atoms with Crippen molar-refractivity contribution in [2.75, 3.05) is 13.1 Å². The van der Waals surface area contributed by atoms with Crippen LogP contribution in [0.1, 0.15) is 30.1 Å². The Balaban J connectivity index is 0.00000169. The van der Waals surface area contributed by atoms with E-state index in [-0.39, 0.29) is 23.9 Å². The predicted molar refractivity (Wildman–Crippen MR) is 93.6 cm³/mol. The van der Waals surface area contributed by atoms with Gasteiger partial charge in [-0.2, -0.15) is 0 Å². The number of fused-ring (bicyclic) bond motifs is 1. The third-order valence-electron chi connectivity index (χ3n) is 4.29. The van der Waals surface area contributed by atoms with Gasteiger partial charge < -0.3 is 10.3 Å². The maximum absolute atomic E-state index is 12.3. The molecule has 0 saturated carbocycles. The lowest BCUT2D eigenvalue weighted by Gasteiger charge is -2.21. The summed E-state index contributed by atoms with van der Waals surface area (Å²) in [4.78, 5) is 19.8. The fourth-order valence-corrected chi connectivity index (χ4v) is 3.03. The summed E-state index contributed by atoms with van der Waals surface area (Å²) in [6.07, 6.45) is 1.96. The molecule has 3 heterocycles. The van der Waals surface area contributed by atoms with Crippen LogP contribution >= 0.6 is 12.4 Å². The molecule has 2 N–H and O–H groups in total. The molecule has 1 fully saturated rings. The molecule has 0 spiro atoms. The Morgan fingerprint density at radius 3 is 2.67 bits per heavy atom. The van der Waals surface area contributed by atoms with Crippen molar-refractivity contribution in [3.05, 3.63) is 52.1 Å². The number of aromatic nitrogens is 5. The number of halogens is 1. The summed E-state index contributed by atoms with van der Waals surface area (Å²) in [6.45, 7) is 2.46. The van der Waals surface area contributed by atoms with Crippen molar-refractivity contribution in [2.24, 2.45) is 0 Å². The fourth-order valence-electron chi connectivity index (χ4n) is 3.03. The lowest BCUT2D eigenvalue weighted by atomic mass is 9.97. The Bertz CT molecular complexity index is 869. The van der Waals surface area contributed by atoms with E-state index >= 15 is 0 Å². The summed E-state index contributed by atoms with van der Waals surface area (Å²) in [5, 5.41) is 11.4. The second-order valence-corrected chi connectivity index (χ2v) is 5.88. The standard InChI is InChI=1S/C16H18N6O.ClH/c23-16-13-15(18-14(19-16)12-6-8-17-9-7-12)22(21-20-13)10-11-4-2-1-3-5-11;/h1-5,12,17H,6-10H2,(H,18,19,23);1H. The van der Waals surface area contributed by atoms with Crippen LogP contribution in [0.2, 0.25) is 0 Å². The second kappa shape index (κ2) is 7.11. The summed E-state index contributed by atoms with van der Waals surface area (Å²) in [5.74, 6) is 1.04. The molecule has 0 atom stereocenters. The van der Waals surface area contributed by atoms with Gasteiger partial charge in [-0.05, 0) is 31.5 Å². The highest BCUT2D eigenvalue weighted by Crippen LogP contribution is 2.22. The summed E-state index contributed by atoms with van der Waals surface area (Å²) in [7, 11) is 0. The van der Waals surface area contributed by atoms with Crippen molar-refractivity contribution in [2.45, 2.75) is 25.3 Å². The first-order valence-electron chi connectivity index (χ1n) is 7.89. The molecule has 24 heavy (non-hydrogen) atoms. The molecule has 7 nitrogen and oxygen atoms in total. The number of aromatic amines is 1. The van der Waals surface area contributed by atoms with Crippen LogP contribution in [0, 0.1) is 0 Å². The third kappa shape index (κ3) is 3.18. The molecular formula is C16H19ClN6O. The van der Waals surface area contributed by atoms with Gasteiger partial charge in [0.25, 0.3) is 5.56 Å². The molecule has 126 valence electrons. The van der Waals surface area contributed by atoms with Gasteiger partial charge in [-0.3, -0.25) is 4.79 Å². The predicted octanol–water partition coefficient (Wildman–Crippen LogP) is 1.45. The lowest BCUT2D eigenvalue weighted by Crippen LogP contribution is -2.28. The van der Waals surface area contributed by atoms with Gasteiger partial charge in [0.2, 0.25) is 0 Å². The van der Waals surface area contributed by atoms with Crippen molar-refractivity contribution < 1.29 is 0 Å². The van der Waals surface area contributed by atoms with Crippen LogP contribution in [0.5, 0.6) is 0 Å². The molecule has 0 aliphatic carbocycles.